The van der Waals surface area contributed by atoms with Crippen molar-refractivity contribution in [1.82, 2.24) is 0 Å². The standard InChI is InChI=1S/C17H17NO3S/c1-12-3-5-13(6-4-12)16(19)11-22-15-9-7-14(8-10-15)18-17(20)21-2/h3-10H,11H2,1-2H3,(H,18,20). The quantitative estimate of drug-likeness (QED) is 0.665. The molecule has 0 saturated carbocycles. The van der Waals surface area contributed by atoms with Gasteiger partial charge in [0.2, 0.25) is 0 Å². The highest BCUT2D eigenvalue weighted by Crippen LogP contribution is 2.21. The van der Waals surface area contributed by atoms with Gasteiger partial charge in [0.1, 0.15) is 0 Å². The number of hydrogen-bond acceptors (Lipinski definition) is 4. The Balaban J connectivity index is 1.90. The minimum absolute atomic E-state index is 0.0989. The van der Waals surface area contributed by atoms with Gasteiger partial charge in [0.05, 0.1) is 12.9 Å². The Morgan fingerprint density at radius 1 is 1.05 bits per heavy atom. The summed E-state index contributed by atoms with van der Waals surface area (Å²) in [6, 6.07) is 14.8. The summed E-state index contributed by atoms with van der Waals surface area (Å²) >= 11 is 1.47. The molecule has 0 aromatic heterocycles. The molecule has 0 aliphatic heterocycles. The predicted molar refractivity (Wildman–Crippen MR) is 88.7 cm³/mol. The second-order valence-corrected chi connectivity index (χ2v) is 5.77. The van der Waals surface area contributed by atoms with Crippen LogP contribution in [0.4, 0.5) is 10.5 Å². The van der Waals surface area contributed by atoms with Crippen LogP contribution < -0.4 is 5.32 Å². The highest BCUT2D eigenvalue weighted by Gasteiger charge is 2.07. The number of rotatable bonds is 5. The number of anilines is 1. The normalized spacial score (nSPS) is 10.1. The molecule has 1 N–H and O–H groups in total. The van der Waals surface area contributed by atoms with Crippen LogP contribution in [0.25, 0.3) is 0 Å². The van der Waals surface area contributed by atoms with Crippen molar-refractivity contribution in [3.8, 4) is 0 Å². The molecular weight excluding hydrogens is 298 g/mol. The van der Waals surface area contributed by atoms with E-state index in [1.165, 1.54) is 18.9 Å². The van der Waals surface area contributed by atoms with Gasteiger partial charge in [-0.25, -0.2) is 4.79 Å². The smallest absolute Gasteiger partial charge is 0.411 e. The van der Waals surface area contributed by atoms with Gasteiger partial charge in [0, 0.05) is 16.1 Å². The summed E-state index contributed by atoms with van der Waals surface area (Å²) in [4.78, 5) is 24.1. The Morgan fingerprint density at radius 2 is 1.68 bits per heavy atom. The Labute approximate surface area is 133 Å². The van der Waals surface area contributed by atoms with E-state index in [1.807, 2.05) is 43.3 Å². The van der Waals surface area contributed by atoms with Crippen LogP contribution >= 0.6 is 11.8 Å². The number of carbonyl (C=O) groups excluding carboxylic acids is 2. The number of ketones is 1. The summed E-state index contributed by atoms with van der Waals surface area (Å²) in [6.45, 7) is 1.99. The van der Waals surface area contributed by atoms with Crippen molar-refractivity contribution < 1.29 is 14.3 Å². The zero-order valence-corrected chi connectivity index (χ0v) is 13.3. The average molecular weight is 315 g/mol. The molecule has 0 atom stereocenters. The Morgan fingerprint density at radius 3 is 2.27 bits per heavy atom. The zero-order chi connectivity index (χ0) is 15.9. The SMILES string of the molecule is COC(=O)Nc1ccc(SCC(=O)c2ccc(C)cc2)cc1. The molecule has 1 amide bonds. The number of carbonyl (C=O) groups is 2. The van der Waals surface area contributed by atoms with E-state index in [0.29, 0.717) is 11.4 Å². The Hall–Kier alpha value is -2.27. The van der Waals surface area contributed by atoms with Gasteiger partial charge in [-0.15, -0.1) is 11.8 Å². The number of benzene rings is 2. The third-order valence-electron chi connectivity index (χ3n) is 3.03. The van der Waals surface area contributed by atoms with Gasteiger partial charge in [-0.1, -0.05) is 29.8 Å². The Kier molecular flexibility index (Phi) is 5.61. The first-order valence-corrected chi connectivity index (χ1v) is 7.75. The highest BCUT2D eigenvalue weighted by molar-refractivity contribution is 8.00. The van der Waals surface area contributed by atoms with Crippen LogP contribution in [-0.4, -0.2) is 24.7 Å². The van der Waals surface area contributed by atoms with Crippen molar-refractivity contribution in [3.05, 3.63) is 59.7 Å². The molecule has 0 spiro atoms. The van der Waals surface area contributed by atoms with Gasteiger partial charge in [0.25, 0.3) is 0 Å². The highest BCUT2D eigenvalue weighted by atomic mass is 32.2. The largest absolute Gasteiger partial charge is 0.453 e. The molecule has 2 rings (SSSR count). The van der Waals surface area contributed by atoms with Crippen molar-refractivity contribution in [2.75, 3.05) is 18.2 Å². The second-order valence-electron chi connectivity index (χ2n) is 4.72. The van der Waals surface area contributed by atoms with Crippen molar-refractivity contribution in [3.63, 3.8) is 0 Å². The number of aryl methyl sites for hydroxylation is 1. The van der Waals surface area contributed by atoms with E-state index in [1.54, 1.807) is 12.1 Å². The lowest BCUT2D eigenvalue weighted by Crippen LogP contribution is -2.10. The van der Waals surface area contributed by atoms with Crippen molar-refractivity contribution in [2.24, 2.45) is 0 Å². The maximum absolute atomic E-state index is 12.1. The number of thioether (sulfide) groups is 1. The van der Waals surface area contributed by atoms with Crippen LogP contribution in [0.15, 0.2) is 53.4 Å². The molecule has 0 radical (unpaired) electrons. The zero-order valence-electron chi connectivity index (χ0n) is 12.5. The van der Waals surface area contributed by atoms with Crippen LogP contribution in [0, 0.1) is 6.92 Å². The first-order chi connectivity index (χ1) is 10.6. The minimum atomic E-state index is -0.505. The van der Waals surface area contributed by atoms with Crippen LogP contribution in [0.5, 0.6) is 0 Å². The number of hydrogen-bond donors (Lipinski definition) is 1. The maximum Gasteiger partial charge on any atom is 0.411 e. The molecule has 2 aromatic rings. The molecule has 0 aliphatic rings. The van der Waals surface area contributed by atoms with Crippen LogP contribution in [0.1, 0.15) is 15.9 Å². The van der Waals surface area contributed by atoms with Gasteiger partial charge in [-0.3, -0.25) is 10.1 Å². The van der Waals surface area contributed by atoms with Crippen molar-refractivity contribution >= 4 is 29.3 Å². The van der Waals surface area contributed by atoms with Crippen molar-refractivity contribution in [1.29, 1.82) is 0 Å². The van der Waals surface area contributed by atoms with Gasteiger partial charge in [-0.2, -0.15) is 0 Å². The minimum Gasteiger partial charge on any atom is -0.453 e. The number of nitrogens with one attached hydrogen (secondary N) is 1. The summed E-state index contributed by atoms with van der Waals surface area (Å²) in [5.41, 5.74) is 2.51. The molecule has 114 valence electrons. The van der Waals surface area contributed by atoms with Crippen LogP contribution in [0.3, 0.4) is 0 Å². The maximum atomic E-state index is 12.1. The molecular formula is C17H17NO3S. The average Bonchev–Trinajstić information content (AvgIpc) is 2.54. The van der Waals surface area contributed by atoms with E-state index in [4.69, 9.17) is 0 Å². The molecule has 0 bridgehead atoms. The van der Waals surface area contributed by atoms with E-state index in [-0.39, 0.29) is 5.78 Å². The Bertz CT molecular complexity index is 651. The van der Waals surface area contributed by atoms with E-state index in [0.717, 1.165) is 16.0 Å². The third kappa shape index (κ3) is 4.63. The van der Waals surface area contributed by atoms with Crippen molar-refractivity contribution in [2.45, 2.75) is 11.8 Å². The van der Waals surface area contributed by atoms with E-state index in [9.17, 15) is 9.59 Å². The molecule has 0 heterocycles. The fraction of sp³-hybridized carbons (Fsp3) is 0.176. The molecule has 0 unspecified atom stereocenters. The number of Topliss-reactive ketones (excluding diaryl/α,β-unsaturated/α-hetero) is 1. The predicted octanol–water partition coefficient (Wildman–Crippen LogP) is 4.15. The fourth-order valence-electron chi connectivity index (χ4n) is 1.78. The van der Waals surface area contributed by atoms with Gasteiger partial charge < -0.3 is 4.74 Å². The van der Waals surface area contributed by atoms with Gasteiger partial charge in [-0.05, 0) is 31.2 Å². The third-order valence-corrected chi connectivity index (χ3v) is 4.04. The fourth-order valence-corrected chi connectivity index (χ4v) is 2.57. The molecule has 0 aliphatic carbocycles. The van der Waals surface area contributed by atoms with Crippen LogP contribution in [0.2, 0.25) is 0 Å². The molecule has 4 nitrogen and oxygen atoms in total. The lowest BCUT2D eigenvalue weighted by Gasteiger charge is -2.05. The monoisotopic (exact) mass is 315 g/mol. The summed E-state index contributed by atoms with van der Waals surface area (Å²) in [6.07, 6.45) is -0.505. The molecule has 0 saturated heterocycles. The summed E-state index contributed by atoms with van der Waals surface area (Å²) in [5, 5.41) is 2.58. The number of amides is 1. The van der Waals surface area contributed by atoms with E-state index < -0.39 is 6.09 Å². The van der Waals surface area contributed by atoms with E-state index in [2.05, 4.69) is 10.1 Å². The summed E-state index contributed by atoms with van der Waals surface area (Å²) < 4.78 is 4.52. The molecule has 22 heavy (non-hydrogen) atoms. The molecule has 2 aromatic carbocycles. The lowest BCUT2D eigenvalue weighted by molar-refractivity contribution is 0.102. The lowest BCUT2D eigenvalue weighted by atomic mass is 10.1. The molecule has 0 fully saturated rings. The van der Waals surface area contributed by atoms with Crippen LogP contribution in [-0.2, 0) is 4.74 Å². The number of ether oxygens (including phenoxy) is 1. The first kappa shape index (κ1) is 16.1. The van der Waals surface area contributed by atoms with Gasteiger partial charge in [0.15, 0.2) is 5.78 Å². The summed E-state index contributed by atoms with van der Waals surface area (Å²) in [5.74, 6) is 0.481. The van der Waals surface area contributed by atoms with E-state index >= 15 is 0 Å². The molecule has 5 heteroatoms. The number of methoxy groups -OCH3 is 1. The topological polar surface area (TPSA) is 55.4 Å². The second kappa shape index (κ2) is 7.66. The van der Waals surface area contributed by atoms with Gasteiger partial charge >= 0.3 is 6.09 Å². The first-order valence-electron chi connectivity index (χ1n) is 6.76. The summed E-state index contributed by atoms with van der Waals surface area (Å²) in [7, 11) is 1.32.